The summed E-state index contributed by atoms with van der Waals surface area (Å²) in [5.74, 6) is 0.328. The molecular formula is C29H30FN7O. The number of nitriles is 1. The molecule has 4 aromatic rings. The molecule has 2 bridgehead atoms. The van der Waals surface area contributed by atoms with E-state index in [-0.39, 0.29) is 11.5 Å². The molecule has 7 rings (SSSR count). The predicted octanol–water partition coefficient (Wildman–Crippen LogP) is 4.20. The molecule has 2 N–H and O–H groups in total. The highest BCUT2D eigenvalue weighted by atomic mass is 19.1. The lowest BCUT2D eigenvalue weighted by Crippen LogP contribution is -2.51. The Morgan fingerprint density at radius 1 is 1.08 bits per heavy atom. The second kappa shape index (κ2) is 9.22. The van der Waals surface area contributed by atoms with Crippen LogP contribution in [0.1, 0.15) is 31.2 Å². The van der Waals surface area contributed by atoms with E-state index in [2.05, 4.69) is 38.2 Å². The van der Waals surface area contributed by atoms with Gasteiger partial charge in [0, 0.05) is 64.8 Å². The van der Waals surface area contributed by atoms with Gasteiger partial charge in [0.15, 0.2) is 5.82 Å². The van der Waals surface area contributed by atoms with Gasteiger partial charge in [-0.1, -0.05) is 6.07 Å². The number of likely N-dealkylation sites (N-methyl/N-ethyl adjacent to an activating group) is 1. The highest BCUT2D eigenvalue weighted by Crippen LogP contribution is 2.37. The quantitative estimate of drug-likeness (QED) is 0.415. The number of nitrogens with one attached hydrogen (secondary N) is 2. The van der Waals surface area contributed by atoms with E-state index in [1.54, 1.807) is 24.4 Å². The smallest absolute Gasteiger partial charge is 0.319 e. The van der Waals surface area contributed by atoms with Gasteiger partial charge in [-0.25, -0.2) is 4.39 Å². The SMILES string of the molecule is CN1CCC[C@H]1COc1nc(N2C[C@H]3CC[C@@H](C2)N3)c2ccc(-c3c[nH]c4ccc(C#N)cc34)c(F)c2n1. The summed E-state index contributed by atoms with van der Waals surface area (Å²) >= 11 is 0. The molecule has 0 saturated carbocycles. The number of halogens is 1. The van der Waals surface area contributed by atoms with Gasteiger partial charge in [-0.2, -0.15) is 15.2 Å². The van der Waals surface area contributed by atoms with E-state index in [9.17, 15) is 5.26 Å². The lowest BCUT2D eigenvalue weighted by Gasteiger charge is -2.34. The van der Waals surface area contributed by atoms with Crippen LogP contribution in [0.15, 0.2) is 36.5 Å². The van der Waals surface area contributed by atoms with Gasteiger partial charge in [-0.15, -0.1) is 0 Å². The van der Waals surface area contributed by atoms with Crippen molar-refractivity contribution in [3.05, 3.63) is 47.9 Å². The Morgan fingerprint density at radius 3 is 2.68 bits per heavy atom. The van der Waals surface area contributed by atoms with E-state index in [0.717, 1.165) is 62.0 Å². The fourth-order valence-electron chi connectivity index (χ4n) is 6.38. The molecular weight excluding hydrogens is 481 g/mol. The molecule has 3 saturated heterocycles. The lowest BCUT2D eigenvalue weighted by molar-refractivity contribution is 0.188. The van der Waals surface area contributed by atoms with Gasteiger partial charge < -0.3 is 24.8 Å². The molecule has 0 radical (unpaired) electrons. The Bertz CT molecular complexity index is 1560. The summed E-state index contributed by atoms with van der Waals surface area (Å²) < 4.78 is 22.5. The molecule has 8 nitrogen and oxygen atoms in total. The van der Waals surface area contributed by atoms with Crippen LogP contribution in [-0.4, -0.2) is 71.3 Å². The van der Waals surface area contributed by atoms with Crippen LogP contribution in [0.2, 0.25) is 0 Å². The Hall–Kier alpha value is -3.74. The average Bonchev–Trinajstić information content (AvgIpc) is 3.64. The first kappa shape index (κ1) is 23.4. The summed E-state index contributed by atoms with van der Waals surface area (Å²) in [4.78, 5) is 17.2. The van der Waals surface area contributed by atoms with Gasteiger partial charge in [0.1, 0.15) is 17.9 Å². The third-order valence-electron chi connectivity index (χ3n) is 8.46. The molecule has 5 heterocycles. The first-order chi connectivity index (χ1) is 18.6. The van der Waals surface area contributed by atoms with Crippen molar-refractivity contribution < 1.29 is 9.13 Å². The predicted molar refractivity (Wildman–Crippen MR) is 145 cm³/mol. The van der Waals surface area contributed by atoms with Crippen molar-refractivity contribution >= 4 is 27.6 Å². The number of rotatable bonds is 5. The van der Waals surface area contributed by atoms with Gasteiger partial charge in [0.25, 0.3) is 0 Å². The number of hydrogen-bond donors (Lipinski definition) is 2. The number of aromatic amines is 1. The summed E-state index contributed by atoms with van der Waals surface area (Å²) in [5, 5.41) is 14.5. The Balaban J connectivity index is 1.34. The molecule has 9 heteroatoms. The number of anilines is 1. The summed E-state index contributed by atoms with van der Waals surface area (Å²) in [6.45, 7) is 3.19. The number of benzene rings is 2. The topological polar surface area (TPSA) is 93.1 Å². The Morgan fingerprint density at radius 2 is 1.92 bits per heavy atom. The van der Waals surface area contributed by atoms with Crippen LogP contribution in [0.5, 0.6) is 6.01 Å². The third-order valence-corrected chi connectivity index (χ3v) is 8.46. The van der Waals surface area contributed by atoms with Crippen molar-refractivity contribution in [2.75, 3.05) is 38.2 Å². The van der Waals surface area contributed by atoms with Crippen LogP contribution in [0, 0.1) is 17.1 Å². The molecule has 0 spiro atoms. The minimum absolute atomic E-state index is 0.223. The van der Waals surface area contributed by atoms with E-state index in [4.69, 9.17) is 9.72 Å². The van der Waals surface area contributed by atoms with E-state index < -0.39 is 5.82 Å². The number of ether oxygens (including phenoxy) is 1. The Kier molecular flexibility index (Phi) is 5.68. The number of nitrogens with zero attached hydrogens (tertiary/aromatic N) is 5. The van der Waals surface area contributed by atoms with Crippen LogP contribution in [0.25, 0.3) is 32.9 Å². The number of aromatic nitrogens is 3. The molecule has 0 aliphatic carbocycles. The van der Waals surface area contributed by atoms with E-state index in [0.29, 0.717) is 46.8 Å². The molecule has 2 aromatic carbocycles. The second-order valence-corrected chi connectivity index (χ2v) is 10.9. The number of fused-ring (bicyclic) bond motifs is 4. The van der Waals surface area contributed by atoms with Crippen LogP contribution in [0.4, 0.5) is 10.2 Å². The summed E-state index contributed by atoms with van der Waals surface area (Å²) in [6.07, 6.45) is 6.30. The van der Waals surface area contributed by atoms with Crippen LogP contribution in [0.3, 0.4) is 0 Å². The van der Waals surface area contributed by atoms with Crippen LogP contribution < -0.4 is 15.0 Å². The van der Waals surface area contributed by atoms with E-state index >= 15 is 4.39 Å². The highest BCUT2D eigenvalue weighted by Gasteiger charge is 2.34. The fraction of sp³-hybridized carbons (Fsp3) is 0.414. The fourth-order valence-corrected chi connectivity index (χ4v) is 6.38. The van der Waals surface area contributed by atoms with Gasteiger partial charge in [-0.05, 0) is 63.5 Å². The minimum atomic E-state index is -0.407. The zero-order valence-corrected chi connectivity index (χ0v) is 21.4. The van der Waals surface area contributed by atoms with Gasteiger partial charge in [0.05, 0.1) is 11.6 Å². The van der Waals surface area contributed by atoms with Crippen molar-refractivity contribution in [1.82, 2.24) is 25.2 Å². The monoisotopic (exact) mass is 511 g/mol. The van der Waals surface area contributed by atoms with Crippen LogP contribution in [-0.2, 0) is 0 Å². The maximum Gasteiger partial charge on any atom is 0.319 e. The summed E-state index contributed by atoms with van der Waals surface area (Å²) in [7, 11) is 2.11. The van der Waals surface area contributed by atoms with Crippen LogP contribution >= 0.6 is 0 Å². The number of likely N-dealkylation sites (tertiary alicyclic amines) is 1. The molecule has 3 aliphatic rings. The molecule has 3 atom stereocenters. The zero-order chi connectivity index (χ0) is 25.8. The molecule has 194 valence electrons. The highest BCUT2D eigenvalue weighted by molar-refractivity contribution is 6.00. The van der Waals surface area contributed by atoms with E-state index in [1.807, 2.05) is 12.1 Å². The minimum Gasteiger partial charge on any atom is -0.462 e. The van der Waals surface area contributed by atoms with Crippen molar-refractivity contribution in [2.24, 2.45) is 0 Å². The first-order valence-corrected chi connectivity index (χ1v) is 13.4. The first-order valence-electron chi connectivity index (χ1n) is 13.4. The van der Waals surface area contributed by atoms with Crippen molar-refractivity contribution in [3.8, 4) is 23.2 Å². The largest absolute Gasteiger partial charge is 0.462 e. The average molecular weight is 512 g/mol. The molecule has 0 unspecified atom stereocenters. The summed E-state index contributed by atoms with van der Waals surface area (Å²) in [5.41, 5.74) is 2.78. The van der Waals surface area contributed by atoms with Gasteiger partial charge in [-0.3, -0.25) is 0 Å². The second-order valence-electron chi connectivity index (χ2n) is 10.9. The summed E-state index contributed by atoms with van der Waals surface area (Å²) in [6, 6.07) is 12.7. The molecule has 3 fully saturated rings. The Labute approximate surface area is 220 Å². The maximum absolute atomic E-state index is 16.4. The molecule has 38 heavy (non-hydrogen) atoms. The standard InChI is InChI=1S/C29H30FN7O/c1-36-10-2-3-20(36)16-38-29-34-27-22(28(35-29)37-14-18-5-6-19(15-37)33-18)8-7-21(26(27)30)24-13-32-25-9-4-17(12-31)11-23(24)25/h4,7-9,11,13,18-20,32-33H,2-3,5-6,10,14-16H2,1H3/t18-,19+,20-/m0/s1. The van der Waals surface area contributed by atoms with E-state index in [1.165, 1.54) is 0 Å². The zero-order valence-electron chi connectivity index (χ0n) is 21.4. The van der Waals surface area contributed by atoms with Gasteiger partial charge >= 0.3 is 6.01 Å². The maximum atomic E-state index is 16.4. The lowest BCUT2D eigenvalue weighted by atomic mass is 10.0. The van der Waals surface area contributed by atoms with Crippen molar-refractivity contribution in [2.45, 2.75) is 43.8 Å². The number of H-pyrrole nitrogens is 1. The molecule has 3 aliphatic heterocycles. The van der Waals surface area contributed by atoms with Crippen molar-refractivity contribution in [1.29, 1.82) is 5.26 Å². The normalized spacial score (nSPS) is 23.4. The number of piperazine rings is 1. The molecule has 0 amide bonds. The third kappa shape index (κ3) is 3.96. The van der Waals surface area contributed by atoms with Crippen molar-refractivity contribution in [3.63, 3.8) is 0 Å². The molecule has 2 aromatic heterocycles. The number of hydrogen-bond acceptors (Lipinski definition) is 7. The van der Waals surface area contributed by atoms with Gasteiger partial charge in [0.2, 0.25) is 0 Å².